The minimum absolute atomic E-state index is 0.0175. The Labute approximate surface area is 118 Å². The molecule has 0 unspecified atom stereocenters. The lowest BCUT2D eigenvalue weighted by molar-refractivity contribution is -0.123. The molecule has 1 amide bonds. The monoisotopic (exact) mass is 282 g/mol. The third-order valence-corrected chi connectivity index (χ3v) is 4.87. The van der Waals surface area contributed by atoms with Crippen molar-refractivity contribution in [2.24, 2.45) is 5.92 Å². The van der Waals surface area contributed by atoms with E-state index in [0.717, 1.165) is 23.7 Å². The zero-order valence-corrected chi connectivity index (χ0v) is 12.9. The second-order valence-electron chi connectivity index (χ2n) is 5.23. The van der Waals surface area contributed by atoms with Crippen LogP contribution >= 0.6 is 11.3 Å². The number of rotatable bonds is 4. The lowest BCUT2D eigenvalue weighted by Gasteiger charge is -2.20. The van der Waals surface area contributed by atoms with Crippen molar-refractivity contribution in [2.75, 3.05) is 18.6 Å². The van der Waals surface area contributed by atoms with Gasteiger partial charge in [0, 0.05) is 19.0 Å². The van der Waals surface area contributed by atoms with E-state index in [9.17, 15) is 4.79 Å². The van der Waals surface area contributed by atoms with Crippen LogP contribution in [-0.4, -0.2) is 30.6 Å². The molecule has 4 nitrogen and oxygen atoms in total. The molecule has 0 bridgehead atoms. The van der Waals surface area contributed by atoms with Gasteiger partial charge in [0.25, 0.3) is 0 Å². The summed E-state index contributed by atoms with van der Waals surface area (Å²) >= 11 is 1.54. The maximum atomic E-state index is 12.4. The Hall–Kier alpha value is -0.940. The van der Waals surface area contributed by atoms with Gasteiger partial charge in [-0.05, 0) is 25.7 Å². The van der Waals surface area contributed by atoms with Crippen molar-refractivity contribution in [3.8, 4) is 0 Å². The van der Waals surface area contributed by atoms with Gasteiger partial charge >= 0.3 is 0 Å². The Balaban J connectivity index is 2.08. The molecule has 0 aliphatic carbocycles. The van der Waals surface area contributed by atoms with E-state index < -0.39 is 0 Å². The first-order chi connectivity index (χ1) is 9.04. The zero-order chi connectivity index (χ0) is 14.0. The fourth-order valence-electron chi connectivity index (χ4n) is 2.26. The maximum Gasteiger partial charge on any atom is 0.234 e. The molecule has 1 aromatic heterocycles. The van der Waals surface area contributed by atoms with Gasteiger partial charge in [0.1, 0.15) is 0 Å². The molecule has 19 heavy (non-hydrogen) atoms. The minimum Gasteiger partial charge on any atom is -0.378 e. The van der Waals surface area contributed by atoms with Crippen molar-refractivity contribution < 1.29 is 9.53 Å². The van der Waals surface area contributed by atoms with E-state index in [0.29, 0.717) is 12.5 Å². The van der Waals surface area contributed by atoms with Crippen LogP contribution in [0.4, 0.5) is 5.13 Å². The summed E-state index contributed by atoms with van der Waals surface area (Å²) in [7, 11) is 1.81. The topological polar surface area (TPSA) is 42.4 Å². The summed E-state index contributed by atoms with van der Waals surface area (Å²) in [6.45, 7) is 6.96. The van der Waals surface area contributed by atoms with Crippen molar-refractivity contribution in [2.45, 2.75) is 45.6 Å². The molecule has 0 saturated carbocycles. The maximum absolute atomic E-state index is 12.4. The smallest absolute Gasteiger partial charge is 0.234 e. The number of amides is 1. The predicted octanol–water partition coefficient (Wildman–Crippen LogP) is 3.04. The van der Waals surface area contributed by atoms with Gasteiger partial charge in [-0.15, -0.1) is 11.3 Å². The molecule has 3 atom stereocenters. The standard InChI is InChI=1S/C14H22N2O2S/c1-5-9(2)12-8-19-14(15-12)16(4)13(17)11-6-7-18-10(11)3/h8-11H,5-7H2,1-4H3/t9-,10+,11+/m0/s1. The summed E-state index contributed by atoms with van der Waals surface area (Å²) < 4.78 is 5.47. The summed E-state index contributed by atoms with van der Waals surface area (Å²) in [6, 6.07) is 0. The molecule has 2 heterocycles. The van der Waals surface area contributed by atoms with Crippen LogP contribution in [0.5, 0.6) is 0 Å². The van der Waals surface area contributed by atoms with Gasteiger partial charge in [-0.1, -0.05) is 13.8 Å². The Morgan fingerprint density at radius 3 is 3.00 bits per heavy atom. The van der Waals surface area contributed by atoms with Crippen molar-refractivity contribution in [3.05, 3.63) is 11.1 Å². The van der Waals surface area contributed by atoms with Gasteiger partial charge in [0.05, 0.1) is 17.7 Å². The number of aromatic nitrogens is 1. The van der Waals surface area contributed by atoms with Crippen LogP contribution in [0.1, 0.15) is 45.2 Å². The molecule has 1 aromatic rings. The Bertz CT molecular complexity index is 446. The average Bonchev–Trinajstić information content (AvgIpc) is 3.04. The summed E-state index contributed by atoms with van der Waals surface area (Å²) in [6.07, 6.45) is 1.89. The molecule has 1 aliphatic rings. The molecule has 1 fully saturated rings. The average molecular weight is 282 g/mol. The lowest BCUT2D eigenvalue weighted by Crippen LogP contribution is -2.35. The van der Waals surface area contributed by atoms with Crippen LogP contribution in [0.15, 0.2) is 5.38 Å². The van der Waals surface area contributed by atoms with E-state index in [2.05, 4.69) is 24.2 Å². The van der Waals surface area contributed by atoms with Crippen LogP contribution in [0.25, 0.3) is 0 Å². The second-order valence-corrected chi connectivity index (χ2v) is 6.07. The number of hydrogen-bond acceptors (Lipinski definition) is 4. The fourth-order valence-corrected chi connectivity index (χ4v) is 3.18. The third kappa shape index (κ3) is 2.98. The summed E-state index contributed by atoms with van der Waals surface area (Å²) in [5, 5.41) is 2.85. The van der Waals surface area contributed by atoms with E-state index in [4.69, 9.17) is 4.74 Å². The highest BCUT2D eigenvalue weighted by Gasteiger charge is 2.33. The van der Waals surface area contributed by atoms with Crippen molar-refractivity contribution in [1.29, 1.82) is 0 Å². The van der Waals surface area contributed by atoms with Crippen molar-refractivity contribution in [3.63, 3.8) is 0 Å². The number of hydrogen-bond donors (Lipinski definition) is 0. The van der Waals surface area contributed by atoms with E-state index in [1.54, 1.807) is 16.2 Å². The molecule has 2 rings (SSSR count). The molecule has 1 aliphatic heterocycles. The summed E-state index contributed by atoms with van der Waals surface area (Å²) in [4.78, 5) is 18.7. The first-order valence-electron chi connectivity index (χ1n) is 6.89. The Morgan fingerprint density at radius 2 is 2.42 bits per heavy atom. The Kier molecular flexibility index (Phi) is 4.58. The number of nitrogens with zero attached hydrogens (tertiary/aromatic N) is 2. The van der Waals surface area contributed by atoms with Gasteiger partial charge in [-0.25, -0.2) is 4.98 Å². The fraction of sp³-hybridized carbons (Fsp3) is 0.714. The molecule has 0 spiro atoms. The molecule has 106 valence electrons. The molecular weight excluding hydrogens is 260 g/mol. The van der Waals surface area contributed by atoms with Crippen LogP contribution in [-0.2, 0) is 9.53 Å². The van der Waals surface area contributed by atoms with Crippen molar-refractivity contribution in [1.82, 2.24) is 4.98 Å². The molecule has 1 saturated heterocycles. The van der Waals surface area contributed by atoms with E-state index in [1.807, 2.05) is 14.0 Å². The molecule has 0 N–H and O–H groups in total. The third-order valence-electron chi connectivity index (χ3n) is 3.94. The predicted molar refractivity (Wildman–Crippen MR) is 77.8 cm³/mol. The normalized spacial score (nSPS) is 24.4. The van der Waals surface area contributed by atoms with Crippen molar-refractivity contribution >= 4 is 22.4 Å². The molecule has 0 radical (unpaired) electrons. The highest BCUT2D eigenvalue weighted by Crippen LogP contribution is 2.29. The highest BCUT2D eigenvalue weighted by atomic mass is 32.1. The first kappa shape index (κ1) is 14.5. The quantitative estimate of drug-likeness (QED) is 0.852. The van der Waals surface area contributed by atoms with Gasteiger partial charge in [0.2, 0.25) is 5.91 Å². The van der Waals surface area contributed by atoms with Gasteiger partial charge in [-0.2, -0.15) is 0 Å². The van der Waals surface area contributed by atoms with Crippen LogP contribution in [0.2, 0.25) is 0 Å². The van der Waals surface area contributed by atoms with Gasteiger partial charge in [0.15, 0.2) is 5.13 Å². The van der Waals surface area contributed by atoms with Gasteiger partial charge < -0.3 is 4.74 Å². The van der Waals surface area contributed by atoms with E-state index in [1.165, 1.54) is 0 Å². The molecule has 5 heteroatoms. The molecular formula is C14H22N2O2S. The number of anilines is 1. The SMILES string of the molecule is CC[C@H](C)c1csc(N(C)C(=O)[C@@H]2CCO[C@@H]2C)n1. The van der Waals surface area contributed by atoms with Gasteiger partial charge in [-0.3, -0.25) is 9.69 Å². The van der Waals surface area contributed by atoms with E-state index >= 15 is 0 Å². The lowest BCUT2D eigenvalue weighted by atomic mass is 10.0. The van der Waals surface area contributed by atoms with Crippen LogP contribution in [0, 0.1) is 5.92 Å². The number of carbonyl (C=O) groups is 1. The summed E-state index contributed by atoms with van der Waals surface area (Å²) in [5.74, 6) is 0.540. The van der Waals surface area contributed by atoms with Crippen LogP contribution in [0.3, 0.4) is 0 Å². The number of thiazole rings is 1. The molecule has 0 aromatic carbocycles. The first-order valence-corrected chi connectivity index (χ1v) is 7.77. The highest BCUT2D eigenvalue weighted by molar-refractivity contribution is 7.14. The second kappa shape index (κ2) is 6.01. The number of carbonyl (C=O) groups excluding carboxylic acids is 1. The van der Waals surface area contributed by atoms with E-state index in [-0.39, 0.29) is 17.9 Å². The van der Waals surface area contributed by atoms with Crippen LogP contribution < -0.4 is 4.90 Å². The Morgan fingerprint density at radius 1 is 1.68 bits per heavy atom. The zero-order valence-electron chi connectivity index (χ0n) is 12.0. The summed E-state index contributed by atoms with van der Waals surface area (Å²) in [5.41, 5.74) is 1.08. The largest absolute Gasteiger partial charge is 0.378 e. The number of ether oxygens (including phenoxy) is 1. The minimum atomic E-state index is -0.0269.